The van der Waals surface area contributed by atoms with Gasteiger partial charge in [-0.2, -0.15) is 0 Å². The molecule has 9 heteroatoms. The number of nitro benzene ring substituents is 1. The van der Waals surface area contributed by atoms with E-state index in [4.69, 9.17) is 4.74 Å². The second kappa shape index (κ2) is 8.91. The number of nitrogens with zero attached hydrogens (tertiary/aromatic N) is 3. The lowest BCUT2D eigenvalue weighted by atomic mass is 9.96. The molecule has 1 N–H and O–H groups in total. The predicted octanol–water partition coefficient (Wildman–Crippen LogP) is 3.62. The second-order valence-electron chi connectivity index (χ2n) is 7.37. The zero-order chi connectivity index (χ0) is 23.5. The summed E-state index contributed by atoms with van der Waals surface area (Å²) in [6.07, 6.45) is 3.09. The topological polar surface area (TPSA) is 123 Å². The maximum Gasteiger partial charge on any atom is 0.295 e. The molecule has 1 aliphatic rings. The Morgan fingerprint density at radius 3 is 2.55 bits per heavy atom. The molecule has 1 atom stereocenters. The molecule has 0 saturated carbocycles. The van der Waals surface area contributed by atoms with Crippen molar-refractivity contribution in [2.45, 2.75) is 12.6 Å². The number of carbonyl (C=O) groups excluding carboxylic acids is 2. The number of methoxy groups -OCH3 is 1. The summed E-state index contributed by atoms with van der Waals surface area (Å²) in [5.41, 5.74) is 1.20. The fourth-order valence-electron chi connectivity index (χ4n) is 3.79. The highest BCUT2D eigenvalue weighted by atomic mass is 16.6. The van der Waals surface area contributed by atoms with E-state index in [1.165, 1.54) is 42.5 Å². The molecule has 166 valence electrons. The van der Waals surface area contributed by atoms with Gasteiger partial charge in [-0.05, 0) is 41.5 Å². The van der Waals surface area contributed by atoms with Crippen LogP contribution in [0, 0.1) is 10.1 Å². The van der Waals surface area contributed by atoms with Crippen molar-refractivity contribution in [1.29, 1.82) is 0 Å². The number of Topliss-reactive ketones (excluding diaryl/α,β-unsaturated/α-hetero) is 1. The normalized spacial score (nSPS) is 17.2. The first-order chi connectivity index (χ1) is 15.9. The lowest BCUT2D eigenvalue weighted by Crippen LogP contribution is -2.29. The average molecular weight is 445 g/mol. The summed E-state index contributed by atoms with van der Waals surface area (Å²) in [7, 11) is 1.53. The van der Waals surface area contributed by atoms with Crippen molar-refractivity contribution >= 4 is 23.1 Å². The van der Waals surface area contributed by atoms with E-state index in [9.17, 15) is 24.8 Å². The van der Waals surface area contributed by atoms with Gasteiger partial charge in [0.05, 0.1) is 23.6 Å². The van der Waals surface area contributed by atoms with Crippen molar-refractivity contribution in [3.05, 3.63) is 105 Å². The molecule has 0 aliphatic carbocycles. The zero-order valence-corrected chi connectivity index (χ0v) is 17.5. The summed E-state index contributed by atoms with van der Waals surface area (Å²) in [4.78, 5) is 41.9. The molecule has 9 nitrogen and oxygen atoms in total. The lowest BCUT2D eigenvalue weighted by molar-refractivity contribution is -0.384. The Labute approximate surface area is 188 Å². The molecule has 33 heavy (non-hydrogen) atoms. The number of aliphatic hydroxyl groups excluding tert-OH is 1. The molecular formula is C24H19N3O6. The Hall–Kier alpha value is -4.53. The summed E-state index contributed by atoms with van der Waals surface area (Å²) in [5.74, 6) is -1.42. The van der Waals surface area contributed by atoms with Crippen molar-refractivity contribution < 1.29 is 24.4 Å². The predicted molar refractivity (Wildman–Crippen MR) is 118 cm³/mol. The first kappa shape index (κ1) is 21.7. The molecule has 4 rings (SSSR count). The van der Waals surface area contributed by atoms with Gasteiger partial charge in [-0.3, -0.25) is 24.7 Å². The summed E-state index contributed by atoms with van der Waals surface area (Å²) >= 11 is 0. The van der Waals surface area contributed by atoms with Crippen LogP contribution in [0.3, 0.4) is 0 Å². The number of ether oxygens (including phenoxy) is 1. The number of rotatable bonds is 6. The van der Waals surface area contributed by atoms with E-state index in [-0.39, 0.29) is 23.4 Å². The van der Waals surface area contributed by atoms with Crippen molar-refractivity contribution in [1.82, 2.24) is 9.88 Å². The number of hydrogen-bond acceptors (Lipinski definition) is 7. The first-order valence-corrected chi connectivity index (χ1v) is 9.97. The minimum atomic E-state index is -0.889. The van der Waals surface area contributed by atoms with Crippen LogP contribution in [0.15, 0.2) is 78.6 Å². The van der Waals surface area contributed by atoms with E-state index in [0.29, 0.717) is 11.3 Å². The molecule has 1 unspecified atom stereocenters. The number of non-ortho nitro benzene ring substituents is 1. The molecule has 1 amide bonds. The van der Waals surface area contributed by atoms with Gasteiger partial charge in [-0.1, -0.05) is 18.2 Å². The van der Waals surface area contributed by atoms with Gasteiger partial charge in [0.2, 0.25) is 0 Å². The molecule has 0 bridgehead atoms. The average Bonchev–Trinajstić information content (AvgIpc) is 3.09. The molecule has 1 saturated heterocycles. The van der Waals surface area contributed by atoms with Crippen LogP contribution in [0.1, 0.15) is 22.7 Å². The maximum atomic E-state index is 13.0. The van der Waals surface area contributed by atoms with E-state index >= 15 is 0 Å². The number of benzene rings is 2. The third-order valence-corrected chi connectivity index (χ3v) is 5.38. The fraction of sp³-hybridized carbons (Fsp3) is 0.125. The summed E-state index contributed by atoms with van der Waals surface area (Å²) in [5, 5.41) is 21.9. The summed E-state index contributed by atoms with van der Waals surface area (Å²) in [6, 6.07) is 14.7. The Bertz CT molecular complexity index is 1250. The Balaban J connectivity index is 1.81. The fourth-order valence-corrected chi connectivity index (χ4v) is 3.79. The highest BCUT2D eigenvalue weighted by Crippen LogP contribution is 2.40. The number of carbonyl (C=O) groups is 2. The number of aliphatic hydroxyl groups is 1. The van der Waals surface area contributed by atoms with Gasteiger partial charge in [0.25, 0.3) is 17.4 Å². The second-order valence-corrected chi connectivity index (χ2v) is 7.37. The Kier molecular flexibility index (Phi) is 5.86. The van der Waals surface area contributed by atoms with Gasteiger partial charge in [-0.25, -0.2) is 0 Å². The van der Waals surface area contributed by atoms with Gasteiger partial charge in [0.15, 0.2) is 0 Å². The van der Waals surface area contributed by atoms with E-state index in [2.05, 4.69) is 4.98 Å². The van der Waals surface area contributed by atoms with Crippen LogP contribution >= 0.6 is 0 Å². The van der Waals surface area contributed by atoms with E-state index < -0.39 is 28.4 Å². The largest absolute Gasteiger partial charge is 0.507 e. The minimum Gasteiger partial charge on any atom is -0.507 e. The molecule has 1 aliphatic heterocycles. The van der Waals surface area contributed by atoms with E-state index in [0.717, 1.165) is 5.56 Å². The summed E-state index contributed by atoms with van der Waals surface area (Å²) in [6.45, 7) is 0.0956. The van der Waals surface area contributed by atoms with Crippen LogP contribution in [0.4, 0.5) is 5.69 Å². The number of aromatic nitrogens is 1. The monoisotopic (exact) mass is 445 g/mol. The number of amides is 1. The van der Waals surface area contributed by atoms with Crippen molar-refractivity contribution in [2.75, 3.05) is 7.11 Å². The molecule has 2 heterocycles. The molecule has 0 radical (unpaired) electrons. The number of nitro groups is 1. The molecule has 3 aromatic rings. The van der Waals surface area contributed by atoms with Crippen LogP contribution < -0.4 is 4.74 Å². The Morgan fingerprint density at radius 2 is 1.91 bits per heavy atom. The quantitative estimate of drug-likeness (QED) is 0.202. The molecule has 1 fully saturated rings. The SMILES string of the molecule is COc1cccc(CN2C(=O)C(=O)/C(=C(\O)c3ccc([N+](=O)[O-])cc3)C2c2cccnc2)c1. The van der Waals surface area contributed by atoms with E-state index in [1.807, 2.05) is 0 Å². The molecular weight excluding hydrogens is 426 g/mol. The van der Waals surface area contributed by atoms with Crippen LogP contribution in [0.5, 0.6) is 5.75 Å². The Morgan fingerprint density at radius 1 is 1.15 bits per heavy atom. The first-order valence-electron chi connectivity index (χ1n) is 9.97. The van der Waals surface area contributed by atoms with Gasteiger partial charge in [0.1, 0.15) is 11.5 Å². The number of pyridine rings is 1. The minimum absolute atomic E-state index is 0.0956. The van der Waals surface area contributed by atoms with Gasteiger partial charge in [-0.15, -0.1) is 0 Å². The zero-order valence-electron chi connectivity index (χ0n) is 17.5. The van der Waals surface area contributed by atoms with Crippen molar-refractivity contribution in [3.63, 3.8) is 0 Å². The maximum absolute atomic E-state index is 13.0. The van der Waals surface area contributed by atoms with E-state index in [1.54, 1.807) is 42.6 Å². The van der Waals surface area contributed by atoms with Crippen LogP contribution in [-0.4, -0.2) is 38.7 Å². The molecule has 2 aromatic carbocycles. The van der Waals surface area contributed by atoms with Gasteiger partial charge in [0, 0.05) is 36.6 Å². The summed E-state index contributed by atoms with van der Waals surface area (Å²) < 4.78 is 5.24. The van der Waals surface area contributed by atoms with Crippen LogP contribution in [-0.2, 0) is 16.1 Å². The smallest absolute Gasteiger partial charge is 0.295 e. The highest BCUT2D eigenvalue weighted by molar-refractivity contribution is 6.46. The molecule has 1 aromatic heterocycles. The van der Waals surface area contributed by atoms with Crippen molar-refractivity contribution in [2.24, 2.45) is 0 Å². The van der Waals surface area contributed by atoms with Gasteiger partial charge >= 0.3 is 0 Å². The number of hydrogen-bond donors (Lipinski definition) is 1. The highest BCUT2D eigenvalue weighted by Gasteiger charge is 2.46. The third-order valence-electron chi connectivity index (χ3n) is 5.38. The standard InChI is InChI=1S/C24H19N3O6/c1-33-19-6-2-4-15(12-19)14-26-21(17-5-3-11-25-13-17)20(23(29)24(26)30)22(28)16-7-9-18(10-8-16)27(31)32/h2-13,21,28H,14H2,1H3/b22-20-. The van der Waals surface area contributed by atoms with Crippen LogP contribution in [0.25, 0.3) is 5.76 Å². The third kappa shape index (κ3) is 4.16. The number of likely N-dealkylation sites (tertiary alicyclic amines) is 1. The van der Waals surface area contributed by atoms with Crippen LogP contribution in [0.2, 0.25) is 0 Å². The number of ketones is 1. The molecule has 0 spiro atoms. The van der Waals surface area contributed by atoms with Crippen molar-refractivity contribution in [3.8, 4) is 5.75 Å². The lowest BCUT2D eigenvalue weighted by Gasteiger charge is -2.25. The van der Waals surface area contributed by atoms with Gasteiger partial charge < -0.3 is 14.7 Å².